The Morgan fingerprint density at radius 2 is 2.10 bits per heavy atom. The Morgan fingerprint density at radius 1 is 1.38 bits per heavy atom. The second-order valence-electron chi connectivity index (χ2n) is 5.58. The van der Waals surface area contributed by atoms with E-state index in [0.717, 1.165) is 25.3 Å². The van der Waals surface area contributed by atoms with Crippen LogP contribution in [0.1, 0.15) is 37.3 Å². The molecule has 2 atom stereocenters. The number of hydrogen-bond acceptors (Lipinski definition) is 2. The van der Waals surface area contributed by atoms with Crippen molar-refractivity contribution in [3.63, 3.8) is 0 Å². The van der Waals surface area contributed by atoms with E-state index in [0.29, 0.717) is 0 Å². The number of carbonyl (C=O) groups excluding carboxylic acids is 1. The molecule has 3 nitrogen and oxygen atoms in total. The van der Waals surface area contributed by atoms with Crippen LogP contribution in [-0.2, 0) is 17.5 Å². The lowest BCUT2D eigenvalue weighted by Crippen LogP contribution is -2.25. The quantitative estimate of drug-likeness (QED) is 0.897. The number of anilines is 1. The number of hydrogen-bond donors (Lipinski definition) is 2. The molecule has 0 spiro atoms. The predicted octanol–water partition coefficient (Wildman–Crippen LogP) is 3.54. The molecule has 1 aliphatic rings. The molecule has 0 radical (unpaired) electrons. The summed E-state index contributed by atoms with van der Waals surface area (Å²) in [6, 6.07) is 3.74. The largest absolute Gasteiger partial charge is 0.416 e. The van der Waals surface area contributed by atoms with Gasteiger partial charge in [0.05, 0.1) is 5.56 Å². The van der Waals surface area contributed by atoms with Crippen LogP contribution in [0.4, 0.5) is 18.9 Å². The Kier molecular flexibility index (Phi) is 4.56. The van der Waals surface area contributed by atoms with Crippen molar-refractivity contribution in [3.8, 4) is 0 Å². The molecular weight excluding hydrogens is 281 g/mol. The summed E-state index contributed by atoms with van der Waals surface area (Å²) in [6.07, 6.45) is -1.72. The van der Waals surface area contributed by atoms with Gasteiger partial charge in [-0.25, -0.2) is 0 Å². The molecule has 3 N–H and O–H groups in total. The predicted molar refractivity (Wildman–Crippen MR) is 74.5 cm³/mol. The van der Waals surface area contributed by atoms with Gasteiger partial charge in [-0.1, -0.05) is 19.4 Å². The molecule has 1 fully saturated rings. The first-order chi connectivity index (χ1) is 9.82. The van der Waals surface area contributed by atoms with Crippen molar-refractivity contribution in [2.45, 2.75) is 38.9 Å². The second kappa shape index (κ2) is 6.05. The fourth-order valence-electron chi connectivity index (χ4n) is 2.87. The lowest BCUT2D eigenvalue weighted by Gasteiger charge is -2.17. The minimum atomic E-state index is -4.48. The SMILES string of the molecule is CC1CCCC1C(=O)Nc1ccc(CN)c(C(F)(F)F)c1. The van der Waals surface area contributed by atoms with Crippen LogP contribution in [0.3, 0.4) is 0 Å². The van der Waals surface area contributed by atoms with Crippen molar-refractivity contribution in [1.82, 2.24) is 0 Å². The van der Waals surface area contributed by atoms with Gasteiger partial charge in [0, 0.05) is 18.2 Å². The first-order valence-corrected chi connectivity index (χ1v) is 7.04. The summed E-state index contributed by atoms with van der Waals surface area (Å²) in [5, 5.41) is 2.60. The summed E-state index contributed by atoms with van der Waals surface area (Å²) in [6.45, 7) is 1.80. The fourth-order valence-corrected chi connectivity index (χ4v) is 2.87. The third kappa shape index (κ3) is 3.56. The van der Waals surface area contributed by atoms with E-state index in [4.69, 9.17) is 5.73 Å². The second-order valence-corrected chi connectivity index (χ2v) is 5.58. The van der Waals surface area contributed by atoms with Gasteiger partial charge in [-0.3, -0.25) is 4.79 Å². The number of nitrogens with one attached hydrogen (secondary N) is 1. The minimum Gasteiger partial charge on any atom is -0.326 e. The summed E-state index contributed by atoms with van der Waals surface area (Å²) in [5.41, 5.74) is 4.73. The highest BCUT2D eigenvalue weighted by Crippen LogP contribution is 2.35. The highest BCUT2D eigenvalue weighted by molar-refractivity contribution is 5.93. The molecule has 1 aromatic rings. The Bertz CT molecular complexity index is 528. The zero-order valence-corrected chi connectivity index (χ0v) is 11.8. The maximum Gasteiger partial charge on any atom is 0.416 e. The monoisotopic (exact) mass is 300 g/mol. The molecule has 21 heavy (non-hydrogen) atoms. The van der Waals surface area contributed by atoms with E-state index in [-0.39, 0.29) is 35.5 Å². The lowest BCUT2D eigenvalue weighted by molar-refractivity contribution is -0.138. The summed E-state index contributed by atoms with van der Waals surface area (Å²) >= 11 is 0. The Morgan fingerprint density at radius 3 is 2.62 bits per heavy atom. The number of alkyl halides is 3. The van der Waals surface area contributed by atoms with Crippen LogP contribution in [0.2, 0.25) is 0 Å². The Labute approximate surface area is 121 Å². The number of amides is 1. The van der Waals surface area contributed by atoms with E-state index in [1.807, 2.05) is 6.92 Å². The Balaban J connectivity index is 2.19. The molecule has 0 bridgehead atoms. The van der Waals surface area contributed by atoms with Gasteiger partial charge in [0.25, 0.3) is 0 Å². The number of carbonyl (C=O) groups is 1. The fraction of sp³-hybridized carbons (Fsp3) is 0.533. The Hall–Kier alpha value is -1.56. The van der Waals surface area contributed by atoms with E-state index in [1.54, 1.807) is 0 Å². The van der Waals surface area contributed by atoms with Gasteiger partial charge >= 0.3 is 6.18 Å². The van der Waals surface area contributed by atoms with Gasteiger partial charge < -0.3 is 11.1 Å². The highest BCUT2D eigenvalue weighted by atomic mass is 19.4. The van der Waals surface area contributed by atoms with Gasteiger partial charge in [0.15, 0.2) is 0 Å². The number of nitrogens with two attached hydrogens (primary N) is 1. The molecule has 2 unspecified atom stereocenters. The zero-order chi connectivity index (χ0) is 15.6. The first-order valence-electron chi connectivity index (χ1n) is 7.04. The highest BCUT2D eigenvalue weighted by Gasteiger charge is 2.34. The average molecular weight is 300 g/mol. The molecule has 116 valence electrons. The molecular formula is C15H19F3N2O. The molecule has 0 heterocycles. The van der Waals surface area contributed by atoms with Crippen molar-refractivity contribution < 1.29 is 18.0 Å². The first kappa shape index (κ1) is 15.8. The molecule has 1 aromatic carbocycles. The maximum absolute atomic E-state index is 12.9. The molecule has 1 saturated carbocycles. The zero-order valence-electron chi connectivity index (χ0n) is 11.8. The van der Waals surface area contributed by atoms with Crippen LogP contribution >= 0.6 is 0 Å². The molecule has 6 heteroatoms. The van der Waals surface area contributed by atoms with Crippen LogP contribution in [0, 0.1) is 11.8 Å². The van der Waals surface area contributed by atoms with Crippen molar-refractivity contribution in [3.05, 3.63) is 29.3 Å². The van der Waals surface area contributed by atoms with Gasteiger partial charge in [0.2, 0.25) is 5.91 Å². The van der Waals surface area contributed by atoms with Gasteiger partial charge in [0.1, 0.15) is 0 Å². The van der Waals surface area contributed by atoms with Gasteiger partial charge in [-0.15, -0.1) is 0 Å². The van der Waals surface area contributed by atoms with E-state index in [9.17, 15) is 18.0 Å². The summed E-state index contributed by atoms with van der Waals surface area (Å²) in [5.74, 6) is -0.0439. The molecule has 1 aliphatic carbocycles. The number of benzene rings is 1. The van der Waals surface area contributed by atoms with Crippen molar-refractivity contribution in [1.29, 1.82) is 0 Å². The summed E-state index contributed by atoms with van der Waals surface area (Å²) in [7, 11) is 0. The van der Waals surface area contributed by atoms with Gasteiger partial charge in [-0.2, -0.15) is 13.2 Å². The topological polar surface area (TPSA) is 55.1 Å². The maximum atomic E-state index is 12.9. The number of rotatable bonds is 3. The van der Waals surface area contributed by atoms with Crippen LogP contribution < -0.4 is 11.1 Å². The van der Waals surface area contributed by atoms with Gasteiger partial charge in [-0.05, 0) is 36.5 Å². The molecule has 0 saturated heterocycles. The molecule has 2 rings (SSSR count). The standard InChI is InChI=1S/C15H19F3N2O/c1-9-3-2-4-12(9)14(21)20-11-6-5-10(8-19)13(7-11)15(16,17)18/h5-7,9,12H,2-4,8,19H2,1H3,(H,20,21). The third-order valence-corrected chi connectivity index (χ3v) is 4.10. The van der Waals surface area contributed by atoms with Crippen LogP contribution in [0.5, 0.6) is 0 Å². The molecule has 1 amide bonds. The summed E-state index contributed by atoms with van der Waals surface area (Å²) < 4.78 is 38.8. The van der Waals surface area contributed by atoms with E-state index < -0.39 is 11.7 Å². The van der Waals surface area contributed by atoms with Crippen LogP contribution in [0.25, 0.3) is 0 Å². The molecule has 0 aromatic heterocycles. The summed E-state index contributed by atoms with van der Waals surface area (Å²) in [4.78, 5) is 12.1. The normalized spacial score (nSPS) is 22.3. The smallest absolute Gasteiger partial charge is 0.326 e. The van der Waals surface area contributed by atoms with Crippen LogP contribution in [0.15, 0.2) is 18.2 Å². The van der Waals surface area contributed by atoms with E-state index >= 15 is 0 Å². The van der Waals surface area contributed by atoms with Crippen molar-refractivity contribution in [2.24, 2.45) is 17.6 Å². The average Bonchev–Trinajstić information content (AvgIpc) is 2.84. The molecule has 0 aliphatic heterocycles. The van der Waals surface area contributed by atoms with Crippen molar-refractivity contribution >= 4 is 11.6 Å². The van der Waals surface area contributed by atoms with Crippen LogP contribution in [-0.4, -0.2) is 5.91 Å². The number of halogens is 3. The minimum absolute atomic E-state index is 0.0229. The van der Waals surface area contributed by atoms with Crippen molar-refractivity contribution in [2.75, 3.05) is 5.32 Å². The van der Waals surface area contributed by atoms with E-state index in [2.05, 4.69) is 5.32 Å². The van der Waals surface area contributed by atoms with E-state index in [1.165, 1.54) is 12.1 Å². The third-order valence-electron chi connectivity index (χ3n) is 4.10. The lowest BCUT2D eigenvalue weighted by atomic mass is 9.97.